The smallest absolute Gasteiger partial charge is 0.255 e. The van der Waals surface area contributed by atoms with Crippen molar-refractivity contribution in [1.29, 1.82) is 0 Å². The summed E-state index contributed by atoms with van der Waals surface area (Å²) in [5.74, 6) is 0.671. The topological polar surface area (TPSA) is 68.1 Å². The van der Waals surface area contributed by atoms with Crippen LogP contribution in [-0.4, -0.2) is 33.4 Å². The quantitative estimate of drug-likeness (QED) is 0.624. The summed E-state index contributed by atoms with van der Waals surface area (Å²) in [5.41, 5.74) is 4.25. The number of pyridine rings is 1. The van der Waals surface area contributed by atoms with Crippen LogP contribution in [0.25, 0.3) is 11.3 Å². The monoisotopic (exact) mass is 402 g/mol. The third-order valence-electron chi connectivity index (χ3n) is 5.82. The largest absolute Gasteiger partial charge is 0.341 e. The Balaban J connectivity index is 1.65. The summed E-state index contributed by atoms with van der Waals surface area (Å²) in [6.07, 6.45) is 5.11. The molecule has 0 N–H and O–H groups in total. The zero-order valence-electron chi connectivity index (χ0n) is 17.6. The minimum Gasteiger partial charge on any atom is -0.341 e. The zero-order chi connectivity index (χ0) is 21.3. The minimum atomic E-state index is -0.116. The molecule has 3 heterocycles. The molecule has 0 amide bonds. The van der Waals surface area contributed by atoms with Gasteiger partial charge < -0.3 is 4.90 Å². The zero-order valence-corrected chi connectivity index (χ0v) is 17.6. The average molecular weight is 402 g/mol. The van der Waals surface area contributed by atoms with Crippen LogP contribution in [-0.2, 0) is 7.05 Å². The van der Waals surface area contributed by atoms with Crippen LogP contribution in [0.2, 0.25) is 0 Å². The highest BCUT2D eigenvalue weighted by molar-refractivity contribution is 5.99. The van der Waals surface area contributed by atoms with Gasteiger partial charge in [-0.2, -0.15) is 0 Å². The third-order valence-corrected chi connectivity index (χ3v) is 5.82. The van der Waals surface area contributed by atoms with Gasteiger partial charge in [-0.25, -0.2) is 4.98 Å². The number of ketones is 1. The second kappa shape index (κ2) is 8.22. The number of nitrogens with zero attached hydrogens (tertiary/aromatic N) is 4. The summed E-state index contributed by atoms with van der Waals surface area (Å²) < 4.78 is 1.56. The van der Waals surface area contributed by atoms with Crippen LogP contribution < -0.4 is 10.5 Å². The standard InChI is InChI=1S/C24H26N4O2/c1-16-6-7-17(2)20(13-16)23(30)19-5-4-12-28(15-19)24-26-21(14-22(29)27(24)3)18-8-10-25-11-9-18/h6-11,13-14,19H,4-5,12,15H2,1-3H3. The van der Waals surface area contributed by atoms with E-state index in [0.29, 0.717) is 18.2 Å². The van der Waals surface area contributed by atoms with Crippen molar-refractivity contribution in [3.05, 3.63) is 75.8 Å². The summed E-state index contributed by atoms with van der Waals surface area (Å²) in [4.78, 5) is 36.8. The fraction of sp³-hybridized carbons (Fsp3) is 0.333. The van der Waals surface area contributed by atoms with Gasteiger partial charge in [0.25, 0.3) is 5.56 Å². The van der Waals surface area contributed by atoms with E-state index in [0.717, 1.165) is 41.6 Å². The number of piperidine rings is 1. The highest BCUT2D eigenvalue weighted by atomic mass is 16.1. The van der Waals surface area contributed by atoms with Gasteiger partial charge >= 0.3 is 0 Å². The van der Waals surface area contributed by atoms with E-state index in [1.165, 1.54) is 0 Å². The fourth-order valence-electron chi connectivity index (χ4n) is 4.07. The Hall–Kier alpha value is -3.28. The Morgan fingerprint density at radius 2 is 1.87 bits per heavy atom. The van der Waals surface area contributed by atoms with E-state index in [-0.39, 0.29) is 17.3 Å². The van der Waals surface area contributed by atoms with E-state index in [1.807, 2.05) is 44.2 Å². The number of hydrogen-bond donors (Lipinski definition) is 0. The Labute approximate surface area is 176 Å². The molecular weight excluding hydrogens is 376 g/mol. The van der Waals surface area contributed by atoms with E-state index in [1.54, 1.807) is 30.1 Å². The van der Waals surface area contributed by atoms with Gasteiger partial charge in [-0.15, -0.1) is 0 Å². The maximum absolute atomic E-state index is 13.3. The highest BCUT2D eigenvalue weighted by Crippen LogP contribution is 2.26. The van der Waals surface area contributed by atoms with E-state index in [2.05, 4.69) is 9.88 Å². The predicted octanol–water partition coefficient (Wildman–Crippen LogP) is 3.56. The van der Waals surface area contributed by atoms with Crippen LogP contribution >= 0.6 is 0 Å². The van der Waals surface area contributed by atoms with Crippen molar-refractivity contribution >= 4 is 11.7 Å². The van der Waals surface area contributed by atoms with E-state index >= 15 is 0 Å². The molecule has 1 aromatic carbocycles. The highest BCUT2D eigenvalue weighted by Gasteiger charge is 2.29. The van der Waals surface area contributed by atoms with E-state index in [4.69, 9.17) is 4.98 Å². The molecule has 0 aliphatic carbocycles. The lowest BCUT2D eigenvalue weighted by molar-refractivity contribution is 0.0906. The number of carbonyl (C=O) groups is 1. The summed E-state index contributed by atoms with van der Waals surface area (Å²) in [5, 5.41) is 0. The van der Waals surface area contributed by atoms with Crippen LogP contribution in [0.5, 0.6) is 0 Å². The second-order valence-corrected chi connectivity index (χ2v) is 8.04. The first-order valence-electron chi connectivity index (χ1n) is 10.3. The van der Waals surface area contributed by atoms with Crippen LogP contribution in [0, 0.1) is 19.8 Å². The van der Waals surface area contributed by atoms with Crippen LogP contribution in [0.4, 0.5) is 5.95 Å². The van der Waals surface area contributed by atoms with Gasteiger partial charge in [0.2, 0.25) is 5.95 Å². The normalized spacial score (nSPS) is 16.5. The van der Waals surface area contributed by atoms with Crippen molar-refractivity contribution in [2.24, 2.45) is 13.0 Å². The van der Waals surface area contributed by atoms with Crippen molar-refractivity contribution in [2.75, 3.05) is 18.0 Å². The number of aryl methyl sites for hydroxylation is 2. The Bertz CT molecular complexity index is 1140. The molecule has 4 rings (SSSR count). The van der Waals surface area contributed by atoms with Gasteiger partial charge in [0.15, 0.2) is 5.78 Å². The molecule has 0 bridgehead atoms. The molecule has 0 spiro atoms. The number of anilines is 1. The SMILES string of the molecule is Cc1ccc(C)c(C(=O)C2CCCN(c3nc(-c4ccncc4)cc(=O)n3C)C2)c1. The van der Waals surface area contributed by atoms with E-state index in [9.17, 15) is 9.59 Å². The number of aromatic nitrogens is 3. The van der Waals surface area contributed by atoms with Gasteiger partial charge in [0, 0.05) is 55.6 Å². The van der Waals surface area contributed by atoms with Crippen LogP contribution in [0.15, 0.2) is 53.6 Å². The number of rotatable bonds is 4. The molecule has 30 heavy (non-hydrogen) atoms. The Kier molecular flexibility index (Phi) is 5.48. The molecule has 0 saturated carbocycles. The summed E-state index contributed by atoms with van der Waals surface area (Å²) in [6, 6.07) is 11.2. The van der Waals surface area contributed by atoms with Crippen molar-refractivity contribution in [2.45, 2.75) is 26.7 Å². The van der Waals surface area contributed by atoms with Crippen LogP contribution in [0.1, 0.15) is 34.3 Å². The predicted molar refractivity (Wildman–Crippen MR) is 118 cm³/mol. The molecule has 1 fully saturated rings. The molecule has 1 aliphatic heterocycles. The maximum Gasteiger partial charge on any atom is 0.255 e. The van der Waals surface area contributed by atoms with Crippen LogP contribution in [0.3, 0.4) is 0 Å². The third kappa shape index (κ3) is 3.90. The first-order valence-corrected chi connectivity index (χ1v) is 10.3. The first-order chi connectivity index (χ1) is 14.4. The fourth-order valence-corrected chi connectivity index (χ4v) is 4.07. The first kappa shape index (κ1) is 20.0. The molecule has 2 aromatic heterocycles. The van der Waals surface area contributed by atoms with Gasteiger partial charge in [-0.3, -0.25) is 19.1 Å². The minimum absolute atomic E-state index is 0.110. The molecule has 0 radical (unpaired) electrons. The number of Topliss-reactive ketones (excluding diaryl/α,β-unsaturated/α-hetero) is 1. The summed E-state index contributed by atoms with van der Waals surface area (Å²) in [7, 11) is 1.73. The van der Waals surface area contributed by atoms with Gasteiger partial charge in [0.05, 0.1) is 5.69 Å². The molecule has 6 nitrogen and oxygen atoms in total. The van der Waals surface area contributed by atoms with Crippen molar-refractivity contribution < 1.29 is 4.79 Å². The summed E-state index contributed by atoms with van der Waals surface area (Å²) >= 11 is 0. The van der Waals surface area contributed by atoms with Gasteiger partial charge in [0.1, 0.15) is 0 Å². The maximum atomic E-state index is 13.3. The Morgan fingerprint density at radius 1 is 1.10 bits per heavy atom. The summed E-state index contributed by atoms with van der Waals surface area (Å²) in [6.45, 7) is 5.33. The second-order valence-electron chi connectivity index (χ2n) is 8.04. The number of carbonyl (C=O) groups excluding carboxylic acids is 1. The Morgan fingerprint density at radius 3 is 2.63 bits per heavy atom. The molecule has 1 saturated heterocycles. The lowest BCUT2D eigenvalue weighted by Gasteiger charge is -2.34. The molecular formula is C24H26N4O2. The molecule has 1 aliphatic rings. The molecule has 6 heteroatoms. The average Bonchev–Trinajstić information content (AvgIpc) is 2.77. The van der Waals surface area contributed by atoms with Crippen molar-refractivity contribution in [1.82, 2.24) is 14.5 Å². The number of benzene rings is 1. The number of hydrogen-bond acceptors (Lipinski definition) is 5. The molecule has 154 valence electrons. The van der Waals surface area contributed by atoms with E-state index < -0.39 is 0 Å². The molecule has 1 atom stereocenters. The van der Waals surface area contributed by atoms with Crippen molar-refractivity contribution in [3.63, 3.8) is 0 Å². The van der Waals surface area contributed by atoms with Gasteiger partial charge in [-0.05, 0) is 50.5 Å². The molecule has 3 aromatic rings. The van der Waals surface area contributed by atoms with Crippen molar-refractivity contribution in [3.8, 4) is 11.3 Å². The lowest BCUT2D eigenvalue weighted by atomic mass is 9.88. The lowest BCUT2D eigenvalue weighted by Crippen LogP contribution is -2.42. The molecule has 1 unspecified atom stereocenters. The van der Waals surface area contributed by atoms with Gasteiger partial charge in [-0.1, -0.05) is 17.7 Å².